The number of thiazole rings is 1. The van der Waals surface area contributed by atoms with Crippen LogP contribution in [0.3, 0.4) is 0 Å². The maximum absolute atomic E-state index is 13.2. The van der Waals surface area contributed by atoms with E-state index in [1.54, 1.807) is 29.2 Å². The second-order valence-corrected chi connectivity index (χ2v) is 8.13. The highest BCUT2D eigenvalue weighted by molar-refractivity contribution is 7.22. The third-order valence-electron chi connectivity index (χ3n) is 4.21. The quantitative estimate of drug-likeness (QED) is 0.520. The number of rotatable bonds is 8. The van der Waals surface area contributed by atoms with Crippen molar-refractivity contribution in [2.45, 2.75) is 13.3 Å². The van der Waals surface area contributed by atoms with Crippen molar-refractivity contribution in [2.24, 2.45) is 0 Å². The number of carbonyl (C=O) groups is 1. The van der Waals surface area contributed by atoms with Crippen molar-refractivity contribution in [2.75, 3.05) is 38.7 Å². The summed E-state index contributed by atoms with van der Waals surface area (Å²) in [5.74, 6) is 0.743. The largest absolute Gasteiger partial charge is 0.494 e. The van der Waals surface area contributed by atoms with E-state index in [1.165, 1.54) is 11.3 Å². The van der Waals surface area contributed by atoms with Crippen LogP contribution in [0, 0.1) is 0 Å². The normalized spacial score (nSPS) is 11.2. The van der Waals surface area contributed by atoms with Crippen LogP contribution in [0.15, 0.2) is 42.5 Å². The molecular formula is C21H24ClN3O2S. The van der Waals surface area contributed by atoms with Crippen LogP contribution in [-0.4, -0.2) is 49.6 Å². The molecule has 1 heterocycles. The highest BCUT2D eigenvalue weighted by Crippen LogP contribution is 2.32. The molecule has 0 aliphatic heterocycles. The van der Waals surface area contributed by atoms with Crippen molar-refractivity contribution in [1.82, 2.24) is 9.88 Å². The van der Waals surface area contributed by atoms with Gasteiger partial charge in [-0.2, -0.15) is 0 Å². The molecule has 0 aliphatic carbocycles. The predicted octanol–water partition coefficient (Wildman–Crippen LogP) is 4.95. The molecule has 1 amide bonds. The van der Waals surface area contributed by atoms with Gasteiger partial charge in [-0.15, -0.1) is 0 Å². The lowest BCUT2D eigenvalue weighted by molar-refractivity contribution is 0.0986. The molecule has 148 valence electrons. The molecule has 3 aromatic rings. The van der Waals surface area contributed by atoms with Crippen LogP contribution in [0.25, 0.3) is 10.2 Å². The van der Waals surface area contributed by atoms with Crippen LogP contribution in [0.2, 0.25) is 5.02 Å². The lowest BCUT2D eigenvalue weighted by atomic mass is 10.2. The first kappa shape index (κ1) is 20.6. The summed E-state index contributed by atoms with van der Waals surface area (Å²) in [6, 6.07) is 12.8. The van der Waals surface area contributed by atoms with E-state index < -0.39 is 0 Å². The van der Waals surface area contributed by atoms with E-state index in [0.29, 0.717) is 28.9 Å². The number of anilines is 1. The Labute approximate surface area is 174 Å². The minimum atomic E-state index is -0.0699. The molecule has 1 aromatic heterocycles. The smallest absolute Gasteiger partial charge is 0.260 e. The second-order valence-electron chi connectivity index (χ2n) is 6.68. The van der Waals surface area contributed by atoms with E-state index >= 15 is 0 Å². The Kier molecular flexibility index (Phi) is 6.88. The number of carbonyl (C=O) groups excluding carboxylic acids is 1. The van der Waals surface area contributed by atoms with Crippen molar-refractivity contribution < 1.29 is 9.53 Å². The van der Waals surface area contributed by atoms with Crippen LogP contribution in [0.4, 0.5) is 5.13 Å². The Bertz CT molecular complexity index is 940. The molecule has 3 rings (SSSR count). The number of benzene rings is 2. The Morgan fingerprint density at radius 3 is 2.57 bits per heavy atom. The first-order valence-electron chi connectivity index (χ1n) is 9.23. The van der Waals surface area contributed by atoms with Gasteiger partial charge in [0.25, 0.3) is 5.91 Å². The van der Waals surface area contributed by atoms with Crippen LogP contribution in [0.1, 0.15) is 23.7 Å². The number of hydrogen-bond donors (Lipinski definition) is 0. The average molecular weight is 418 g/mol. The molecule has 0 aliphatic rings. The molecule has 0 saturated heterocycles. The van der Waals surface area contributed by atoms with Crippen LogP contribution >= 0.6 is 22.9 Å². The molecule has 0 radical (unpaired) electrons. The molecule has 7 heteroatoms. The van der Waals surface area contributed by atoms with Gasteiger partial charge in [0, 0.05) is 17.1 Å². The summed E-state index contributed by atoms with van der Waals surface area (Å²) in [6.45, 7) is 4.06. The zero-order valence-electron chi connectivity index (χ0n) is 16.3. The summed E-state index contributed by atoms with van der Waals surface area (Å²) in [5.41, 5.74) is 1.47. The van der Waals surface area contributed by atoms with E-state index in [1.807, 2.05) is 39.2 Å². The lowest BCUT2D eigenvalue weighted by Crippen LogP contribution is -2.33. The second kappa shape index (κ2) is 9.37. The van der Waals surface area contributed by atoms with Gasteiger partial charge in [-0.3, -0.25) is 9.69 Å². The summed E-state index contributed by atoms with van der Waals surface area (Å²) < 4.78 is 6.59. The zero-order chi connectivity index (χ0) is 20.1. The van der Waals surface area contributed by atoms with E-state index in [2.05, 4.69) is 4.90 Å². The SMILES string of the molecule is CCOc1ccc2nc(N(CCCN(C)C)C(=O)c3ccc(Cl)cc3)sc2c1. The Morgan fingerprint density at radius 2 is 1.89 bits per heavy atom. The number of fused-ring (bicyclic) bond motifs is 1. The first-order chi connectivity index (χ1) is 13.5. The maximum atomic E-state index is 13.2. The third kappa shape index (κ3) is 5.01. The Morgan fingerprint density at radius 1 is 1.14 bits per heavy atom. The van der Waals surface area contributed by atoms with E-state index in [-0.39, 0.29) is 5.91 Å². The minimum absolute atomic E-state index is 0.0699. The summed E-state index contributed by atoms with van der Waals surface area (Å²) in [4.78, 5) is 21.8. The van der Waals surface area contributed by atoms with Gasteiger partial charge in [0.15, 0.2) is 5.13 Å². The first-order valence-corrected chi connectivity index (χ1v) is 10.4. The van der Waals surface area contributed by atoms with Gasteiger partial charge in [0.2, 0.25) is 0 Å². The maximum Gasteiger partial charge on any atom is 0.260 e. The minimum Gasteiger partial charge on any atom is -0.494 e. The van der Waals surface area contributed by atoms with Crippen molar-refractivity contribution in [3.05, 3.63) is 53.1 Å². The van der Waals surface area contributed by atoms with Crippen molar-refractivity contribution in [3.63, 3.8) is 0 Å². The van der Waals surface area contributed by atoms with Gasteiger partial charge < -0.3 is 9.64 Å². The van der Waals surface area contributed by atoms with Crippen LogP contribution in [-0.2, 0) is 0 Å². The molecular weight excluding hydrogens is 394 g/mol. The highest BCUT2D eigenvalue weighted by Gasteiger charge is 2.21. The monoisotopic (exact) mass is 417 g/mol. The van der Waals surface area contributed by atoms with Gasteiger partial charge >= 0.3 is 0 Å². The van der Waals surface area contributed by atoms with Crippen LogP contribution < -0.4 is 9.64 Å². The van der Waals surface area contributed by atoms with Gasteiger partial charge in [-0.1, -0.05) is 22.9 Å². The third-order valence-corrected chi connectivity index (χ3v) is 5.51. The summed E-state index contributed by atoms with van der Waals surface area (Å²) in [5, 5.41) is 1.31. The van der Waals surface area contributed by atoms with Gasteiger partial charge in [0.1, 0.15) is 5.75 Å². The predicted molar refractivity (Wildman–Crippen MR) is 117 cm³/mol. The van der Waals surface area contributed by atoms with Crippen molar-refractivity contribution in [3.8, 4) is 5.75 Å². The van der Waals surface area contributed by atoms with Gasteiger partial charge in [-0.25, -0.2) is 4.98 Å². The Balaban J connectivity index is 1.92. The van der Waals surface area contributed by atoms with Crippen molar-refractivity contribution in [1.29, 1.82) is 0 Å². The standard InChI is InChI=1S/C21H24ClN3O2S/c1-4-27-17-10-11-18-19(14-17)28-21(23-18)25(13-5-12-24(2)3)20(26)15-6-8-16(22)9-7-15/h6-11,14H,4-5,12-13H2,1-3H3. The number of halogens is 1. The van der Waals surface area contributed by atoms with E-state index in [9.17, 15) is 4.79 Å². The van der Waals surface area contributed by atoms with Gasteiger partial charge in [-0.05, 0) is 76.4 Å². The summed E-state index contributed by atoms with van der Waals surface area (Å²) in [7, 11) is 4.05. The molecule has 0 saturated carbocycles. The topological polar surface area (TPSA) is 45.7 Å². The fourth-order valence-corrected chi connectivity index (χ4v) is 3.99. The van der Waals surface area contributed by atoms with E-state index in [0.717, 1.165) is 28.9 Å². The number of ether oxygens (including phenoxy) is 1. The van der Waals surface area contributed by atoms with Crippen molar-refractivity contribution >= 4 is 44.2 Å². The molecule has 0 spiro atoms. The molecule has 0 N–H and O–H groups in total. The molecule has 5 nitrogen and oxygen atoms in total. The summed E-state index contributed by atoms with van der Waals surface area (Å²) in [6.07, 6.45) is 0.854. The van der Waals surface area contributed by atoms with Crippen LogP contribution in [0.5, 0.6) is 5.75 Å². The molecule has 0 fully saturated rings. The summed E-state index contributed by atoms with van der Waals surface area (Å²) >= 11 is 7.48. The molecule has 28 heavy (non-hydrogen) atoms. The number of hydrogen-bond acceptors (Lipinski definition) is 5. The highest BCUT2D eigenvalue weighted by atomic mass is 35.5. The number of nitrogens with zero attached hydrogens (tertiary/aromatic N) is 3. The molecule has 0 bridgehead atoms. The number of amides is 1. The zero-order valence-corrected chi connectivity index (χ0v) is 17.9. The fourth-order valence-electron chi connectivity index (χ4n) is 2.84. The fraction of sp³-hybridized carbons (Fsp3) is 0.333. The molecule has 2 aromatic carbocycles. The molecule has 0 atom stereocenters. The lowest BCUT2D eigenvalue weighted by Gasteiger charge is -2.21. The van der Waals surface area contributed by atoms with E-state index in [4.69, 9.17) is 21.3 Å². The number of aromatic nitrogens is 1. The average Bonchev–Trinajstić information content (AvgIpc) is 3.08. The molecule has 0 unspecified atom stereocenters. The van der Waals surface area contributed by atoms with Gasteiger partial charge in [0.05, 0.1) is 16.8 Å². The Hall–Kier alpha value is -2.15.